The topological polar surface area (TPSA) is 49.2 Å². The molecule has 1 heterocycles. The van der Waals surface area contributed by atoms with Gasteiger partial charge in [-0.15, -0.1) is 10.2 Å². The number of rotatable bonds is 11. The van der Waals surface area contributed by atoms with Crippen LogP contribution in [0.3, 0.4) is 0 Å². The zero-order valence-electron chi connectivity index (χ0n) is 16.5. The Kier molecular flexibility index (Phi) is 7.79. The standard InChI is InChI=1S/C22H27N3O2S/c1-3-25-21(11-7-8-18-12-14-19(26-2)15-13-18)23-24-22(25)28-17-16-27-20-9-5-4-6-10-20/h4-6,9-10,12-15H,3,7-8,11,16-17H2,1-2H3. The first-order valence-corrected chi connectivity index (χ1v) is 10.6. The van der Waals surface area contributed by atoms with Crippen molar-refractivity contribution in [3.8, 4) is 11.5 Å². The molecule has 0 atom stereocenters. The molecular formula is C22H27N3O2S. The maximum Gasteiger partial charge on any atom is 0.191 e. The molecule has 0 aliphatic heterocycles. The van der Waals surface area contributed by atoms with E-state index in [2.05, 4.69) is 33.8 Å². The van der Waals surface area contributed by atoms with Gasteiger partial charge >= 0.3 is 0 Å². The molecule has 0 spiro atoms. The summed E-state index contributed by atoms with van der Waals surface area (Å²) in [6, 6.07) is 18.2. The van der Waals surface area contributed by atoms with Crippen molar-refractivity contribution < 1.29 is 9.47 Å². The third kappa shape index (κ3) is 5.76. The van der Waals surface area contributed by atoms with Crippen molar-refractivity contribution in [1.29, 1.82) is 0 Å². The third-order valence-corrected chi connectivity index (χ3v) is 5.39. The number of benzene rings is 2. The van der Waals surface area contributed by atoms with E-state index in [1.54, 1.807) is 18.9 Å². The summed E-state index contributed by atoms with van der Waals surface area (Å²) < 4.78 is 13.2. The quantitative estimate of drug-likeness (QED) is 0.348. The van der Waals surface area contributed by atoms with Crippen LogP contribution in [0.25, 0.3) is 0 Å². The fourth-order valence-electron chi connectivity index (χ4n) is 2.98. The first-order chi connectivity index (χ1) is 13.8. The van der Waals surface area contributed by atoms with Gasteiger partial charge in [-0.05, 0) is 49.6 Å². The molecule has 28 heavy (non-hydrogen) atoms. The number of aryl methyl sites for hydroxylation is 2. The van der Waals surface area contributed by atoms with Gasteiger partial charge in [0.2, 0.25) is 0 Å². The maximum absolute atomic E-state index is 5.75. The highest BCUT2D eigenvalue weighted by molar-refractivity contribution is 7.99. The predicted octanol–water partition coefficient (Wildman–Crippen LogP) is 4.65. The van der Waals surface area contributed by atoms with Gasteiger partial charge < -0.3 is 14.0 Å². The van der Waals surface area contributed by atoms with Gasteiger partial charge in [-0.1, -0.05) is 42.1 Å². The third-order valence-electron chi connectivity index (χ3n) is 4.46. The lowest BCUT2D eigenvalue weighted by molar-refractivity contribution is 0.344. The van der Waals surface area contributed by atoms with E-state index in [0.29, 0.717) is 6.61 Å². The largest absolute Gasteiger partial charge is 0.497 e. The summed E-state index contributed by atoms with van der Waals surface area (Å²) in [6.07, 6.45) is 2.99. The molecule has 2 aromatic carbocycles. The molecule has 3 aromatic rings. The molecular weight excluding hydrogens is 370 g/mol. The van der Waals surface area contributed by atoms with E-state index in [1.807, 2.05) is 42.5 Å². The highest BCUT2D eigenvalue weighted by atomic mass is 32.2. The van der Waals surface area contributed by atoms with Crippen LogP contribution in [0.2, 0.25) is 0 Å². The van der Waals surface area contributed by atoms with Crippen LogP contribution in [0.5, 0.6) is 11.5 Å². The zero-order chi connectivity index (χ0) is 19.6. The average Bonchev–Trinajstić information content (AvgIpc) is 3.14. The minimum atomic E-state index is 0.651. The molecule has 0 fully saturated rings. The van der Waals surface area contributed by atoms with Crippen molar-refractivity contribution in [3.63, 3.8) is 0 Å². The Morgan fingerprint density at radius 1 is 0.929 bits per heavy atom. The molecule has 6 heteroatoms. The zero-order valence-corrected chi connectivity index (χ0v) is 17.3. The fraction of sp³-hybridized carbons (Fsp3) is 0.364. The smallest absolute Gasteiger partial charge is 0.191 e. The van der Waals surface area contributed by atoms with Crippen molar-refractivity contribution in [2.75, 3.05) is 19.5 Å². The number of nitrogens with zero attached hydrogens (tertiary/aromatic N) is 3. The van der Waals surface area contributed by atoms with E-state index in [0.717, 1.165) is 54.0 Å². The molecule has 0 unspecified atom stereocenters. The summed E-state index contributed by atoms with van der Waals surface area (Å²) in [7, 11) is 1.69. The van der Waals surface area contributed by atoms with E-state index in [4.69, 9.17) is 9.47 Å². The van der Waals surface area contributed by atoms with Gasteiger partial charge in [0.05, 0.1) is 13.7 Å². The van der Waals surface area contributed by atoms with Crippen LogP contribution in [0.1, 0.15) is 24.7 Å². The molecule has 0 aliphatic rings. The van der Waals surface area contributed by atoms with Gasteiger partial charge in [0.1, 0.15) is 17.3 Å². The first-order valence-electron chi connectivity index (χ1n) is 9.65. The van der Waals surface area contributed by atoms with Gasteiger partial charge in [0.25, 0.3) is 0 Å². The van der Waals surface area contributed by atoms with Crippen molar-refractivity contribution in [2.24, 2.45) is 0 Å². The average molecular weight is 398 g/mol. The second-order valence-corrected chi connectivity index (χ2v) is 7.42. The number of aromatic nitrogens is 3. The number of methoxy groups -OCH3 is 1. The molecule has 3 rings (SSSR count). The Morgan fingerprint density at radius 2 is 1.71 bits per heavy atom. The summed E-state index contributed by atoms with van der Waals surface area (Å²) >= 11 is 1.70. The number of thioether (sulfide) groups is 1. The van der Waals surface area contributed by atoms with Crippen molar-refractivity contribution in [1.82, 2.24) is 14.8 Å². The number of hydrogen-bond donors (Lipinski definition) is 0. The van der Waals surface area contributed by atoms with E-state index < -0.39 is 0 Å². The Labute approximate surface area is 171 Å². The van der Waals surface area contributed by atoms with Crippen LogP contribution >= 0.6 is 11.8 Å². The first kappa shape index (κ1) is 20.3. The van der Waals surface area contributed by atoms with Crippen LogP contribution in [0.15, 0.2) is 59.8 Å². The predicted molar refractivity (Wildman–Crippen MR) is 113 cm³/mol. The molecule has 1 aromatic heterocycles. The lowest BCUT2D eigenvalue weighted by Gasteiger charge is -2.08. The van der Waals surface area contributed by atoms with Gasteiger partial charge in [0.15, 0.2) is 5.16 Å². The van der Waals surface area contributed by atoms with Crippen LogP contribution < -0.4 is 9.47 Å². The van der Waals surface area contributed by atoms with Gasteiger partial charge in [0, 0.05) is 18.7 Å². The van der Waals surface area contributed by atoms with E-state index in [-0.39, 0.29) is 0 Å². The molecule has 148 valence electrons. The monoisotopic (exact) mass is 397 g/mol. The second kappa shape index (κ2) is 10.8. The Morgan fingerprint density at radius 3 is 2.43 bits per heavy atom. The highest BCUT2D eigenvalue weighted by Crippen LogP contribution is 2.19. The van der Waals surface area contributed by atoms with Crippen molar-refractivity contribution in [3.05, 3.63) is 66.0 Å². The van der Waals surface area contributed by atoms with Crippen molar-refractivity contribution in [2.45, 2.75) is 37.9 Å². The molecule has 0 amide bonds. The molecule has 0 saturated carbocycles. The Bertz CT molecular complexity index is 835. The van der Waals surface area contributed by atoms with Crippen LogP contribution in [0.4, 0.5) is 0 Å². The summed E-state index contributed by atoms with van der Waals surface area (Å²) in [4.78, 5) is 0. The Hall–Kier alpha value is -2.47. The van der Waals surface area contributed by atoms with Gasteiger partial charge in [-0.2, -0.15) is 0 Å². The summed E-state index contributed by atoms with van der Waals surface area (Å²) in [5.74, 6) is 3.70. The second-order valence-electron chi connectivity index (χ2n) is 6.35. The van der Waals surface area contributed by atoms with Crippen LogP contribution in [-0.4, -0.2) is 34.2 Å². The molecule has 0 N–H and O–H groups in total. The van der Waals surface area contributed by atoms with Crippen LogP contribution in [-0.2, 0) is 19.4 Å². The van der Waals surface area contributed by atoms with Crippen molar-refractivity contribution >= 4 is 11.8 Å². The summed E-state index contributed by atoms with van der Waals surface area (Å²) in [6.45, 7) is 3.67. The molecule has 0 aliphatic carbocycles. The molecule has 0 saturated heterocycles. The highest BCUT2D eigenvalue weighted by Gasteiger charge is 2.11. The lowest BCUT2D eigenvalue weighted by Crippen LogP contribution is -2.06. The van der Waals surface area contributed by atoms with E-state index in [1.165, 1.54) is 5.56 Å². The molecule has 0 bridgehead atoms. The summed E-state index contributed by atoms with van der Waals surface area (Å²) in [5.41, 5.74) is 1.32. The molecule has 5 nitrogen and oxygen atoms in total. The molecule has 0 radical (unpaired) electrons. The minimum Gasteiger partial charge on any atom is -0.497 e. The normalized spacial score (nSPS) is 10.8. The summed E-state index contributed by atoms with van der Waals surface area (Å²) in [5, 5.41) is 9.77. The fourth-order valence-corrected chi connectivity index (χ4v) is 3.82. The minimum absolute atomic E-state index is 0.651. The lowest BCUT2D eigenvalue weighted by atomic mass is 10.1. The maximum atomic E-state index is 5.75. The van der Waals surface area contributed by atoms with E-state index in [9.17, 15) is 0 Å². The Balaban J connectivity index is 1.45. The number of hydrogen-bond acceptors (Lipinski definition) is 5. The van der Waals surface area contributed by atoms with Crippen LogP contribution in [0, 0.1) is 0 Å². The number of ether oxygens (including phenoxy) is 2. The number of para-hydroxylation sites is 1. The SMILES string of the molecule is CCn1c(CCCc2ccc(OC)cc2)nnc1SCCOc1ccccc1. The van der Waals surface area contributed by atoms with Gasteiger partial charge in [-0.25, -0.2) is 0 Å². The van der Waals surface area contributed by atoms with Gasteiger partial charge in [-0.3, -0.25) is 0 Å². The van der Waals surface area contributed by atoms with E-state index >= 15 is 0 Å².